The largest absolute Gasteiger partial charge is 0.481 e. The van der Waals surface area contributed by atoms with E-state index in [1.807, 2.05) is 6.92 Å². The van der Waals surface area contributed by atoms with Gasteiger partial charge in [0.15, 0.2) is 0 Å². The molecule has 2 aliphatic heterocycles. The lowest BCUT2D eigenvalue weighted by atomic mass is 9.99. The van der Waals surface area contributed by atoms with Gasteiger partial charge in [-0.25, -0.2) is 4.79 Å². The summed E-state index contributed by atoms with van der Waals surface area (Å²) in [7, 11) is 1.75. The van der Waals surface area contributed by atoms with Crippen LogP contribution in [-0.4, -0.2) is 66.3 Å². The standard InChI is InChI=1S/C13H22N2O4/c1-9-6-15(8-11(9)12(16)17)13(18)14(2)7-10-4-3-5-19-10/h9-11H,3-8H2,1-2H3,(H,16,17). The molecule has 0 bridgehead atoms. The Bertz CT molecular complexity index is 355. The van der Waals surface area contributed by atoms with Crippen molar-refractivity contribution in [1.29, 1.82) is 0 Å². The number of likely N-dealkylation sites (N-methyl/N-ethyl adjacent to an activating group) is 1. The number of aliphatic carboxylic acids is 1. The maximum atomic E-state index is 12.3. The number of hydrogen-bond donors (Lipinski definition) is 1. The van der Waals surface area contributed by atoms with E-state index in [4.69, 9.17) is 9.84 Å². The average molecular weight is 270 g/mol. The molecule has 6 heteroatoms. The van der Waals surface area contributed by atoms with Crippen LogP contribution in [0.4, 0.5) is 4.79 Å². The Kier molecular flexibility index (Phi) is 4.29. The number of urea groups is 1. The van der Waals surface area contributed by atoms with E-state index in [9.17, 15) is 9.59 Å². The predicted molar refractivity (Wildman–Crippen MR) is 68.9 cm³/mol. The zero-order valence-corrected chi connectivity index (χ0v) is 11.5. The van der Waals surface area contributed by atoms with Gasteiger partial charge in [0, 0.05) is 33.3 Å². The summed E-state index contributed by atoms with van der Waals surface area (Å²) in [5, 5.41) is 9.08. The molecule has 2 saturated heterocycles. The minimum atomic E-state index is -0.815. The van der Waals surface area contributed by atoms with Crippen LogP contribution in [0, 0.1) is 11.8 Å². The third-order valence-electron chi connectivity index (χ3n) is 4.03. The lowest BCUT2D eigenvalue weighted by Gasteiger charge is -2.26. The van der Waals surface area contributed by atoms with Crippen molar-refractivity contribution in [1.82, 2.24) is 9.80 Å². The zero-order valence-electron chi connectivity index (χ0n) is 11.5. The number of carbonyl (C=O) groups excluding carboxylic acids is 1. The highest BCUT2D eigenvalue weighted by Crippen LogP contribution is 2.24. The van der Waals surface area contributed by atoms with Crippen molar-refractivity contribution in [3.8, 4) is 0 Å². The number of hydrogen-bond acceptors (Lipinski definition) is 3. The van der Waals surface area contributed by atoms with E-state index in [-0.39, 0.29) is 18.1 Å². The third kappa shape index (κ3) is 3.18. The summed E-state index contributed by atoms with van der Waals surface area (Å²) >= 11 is 0. The Balaban J connectivity index is 1.87. The molecule has 3 unspecified atom stereocenters. The van der Waals surface area contributed by atoms with Gasteiger partial charge < -0.3 is 19.6 Å². The average Bonchev–Trinajstić information content (AvgIpc) is 2.97. The molecule has 1 N–H and O–H groups in total. The van der Waals surface area contributed by atoms with E-state index in [2.05, 4.69) is 0 Å². The fourth-order valence-corrected chi connectivity index (χ4v) is 2.86. The fourth-order valence-electron chi connectivity index (χ4n) is 2.86. The molecule has 2 heterocycles. The van der Waals surface area contributed by atoms with Gasteiger partial charge in [-0.2, -0.15) is 0 Å². The maximum Gasteiger partial charge on any atom is 0.319 e. The molecule has 0 spiro atoms. The topological polar surface area (TPSA) is 70.1 Å². The summed E-state index contributed by atoms with van der Waals surface area (Å²) < 4.78 is 5.51. The van der Waals surface area contributed by atoms with Crippen LogP contribution in [0.1, 0.15) is 19.8 Å². The minimum absolute atomic E-state index is 0.0116. The smallest absolute Gasteiger partial charge is 0.319 e. The Hall–Kier alpha value is -1.30. The van der Waals surface area contributed by atoms with Crippen LogP contribution in [0.2, 0.25) is 0 Å². The Labute approximate surface area is 113 Å². The van der Waals surface area contributed by atoms with Gasteiger partial charge in [-0.15, -0.1) is 0 Å². The molecule has 2 rings (SSSR count). The Morgan fingerprint density at radius 3 is 2.68 bits per heavy atom. The number of ether oxygens (including phenoxy) is 1. The normalized spacial score (nSPS) is 30.6. The van der Waals surface area contributed by atoms with Crippen LogP contribution < -0.4 is 0 Å². The second kappa shape index (κ2) is 5.77. The molecule has 0 aliphatic carbocycles. The molecule has 2 amide bonds. The Morgan fingerprint density at radius 2 is 2.16 bits per heavy atom. The summed E-state index contributed by atoms with van der Waals surface area (Å²) in [4.78, 5) is 26.6. The first-order valence-corrected chi connectivity index (χ1v) is 6.83. The number of rotatable bonds is 3. The van der Waals surface area contributed by atoms with Gasteiger partial charge in [0.2, 0.25) is 0 Å². The van der Waals surface area contributed by atoms with E-state index in [1.165, 1.54) is 0 Å². The highest BCUT2D eigenvalue weighted by molar-refractivity contribution is 5.77. The molecule has 2 fully saturated rings. The zero-order chi connectivity index (χ0) is 14.0. The van der Waals surface area contributed by atoms with E-state index in [0.29, 0.717) is 19.6 Å². The van der Waals surface area contributed by atoms with Crippen LogP contribution in [0.25, 0.3) is 0 Å². The van der Waals surface area contributed by atoms with E-state index in [1.54, 1.807) is 16.8 Å². The number of carboxylic acids is 1. The molecule has 3 atom stereocenters. The molecule has 0 radical (unpaired) electrons. The van der Waals surface area contributed by atoms with Crippen LogP contribution in [0.15, 0.2) is 0 Å². The van der Waals surface area contributed by atoms with Crippen molar-refractivity contribution in [3.63, 3.8) is 0 Å². The fraction of sp³-hybridized carbons (Fsp3) is 0.846. The van der Waals surface area contributed by atoms with Crippen molar-refractivity contribution in [2.24, 2.45) is 11.8 Å². The molecule has 0 aromatic rings. The van der Waals surface area contributed by atoms with E-state index < -0.39 is 11.9 Å². The highest BCUT2D eigenvalue weighted by atomic mass is 16.5. The van der Waals surface area contributed by atoms with Crippen molar-refractivity contribution >= 4 is 12.0 Å². The van der Waals surface area contributed by atoms with Crippen LogP contribution in [0.3, 0.4) is 0 Å². The first-order chi connectivity index (χ1) is 8.99. The van der Waals surface area contributed by atoms with E-state index in [0.717, 1.165) is 19.4 Å². The van der Waals surface area contributed by atoms with Crippen molar-refractivity contribution in [3.05, 3.63) is 0 Å². The molecule has 2 aliphatic rings. The number of likely N-dealkylation sites (tertiary alicyclic amines) is 1. The summed E-state index contributed by atoms with van der Waals surface area (Å²) in [5.74, 6) is -1.25. The number of carboxylic acid groups (broad SMARTS) is 1. The molecule has 0 aromatic heterocycles. The first-order valence-electron chi connectivity index (χ1n) is 6.83. The number of nitrogens with zero attached hydrogens (tertiary/aromatic N) is 2. The van der Waals surface area contributed by atoms with Crippen LogP contribution in [0.5, 0.6) is 0 Å². The molecule has 108 valence electrons. The molecule has 0 saturated carbocycles. The lowest BCUT2D eigenvalue weighted by molar-refractivity contribution is -0.142. The van der Waals surface area contributed by atoms with E-state index >= 15 is 0 Å². The van der Waals surface area contributed by atoms with Gasteiger partial charge in [-0.05, 0) is 18.8 Å². The number of amides is 2. The van der Waals surface area contributed by atoms with Crippen LogP contribution in [-0.2, 0) is 9.53 Å². The van der Waals surface area contributed by atoms with Crippen molar-refractivity contribution in [2.75, 3.05) is 33.3 Å². The second-order valence-electron chi connectivity index (χ2n) is 5.63. The molecular formula is C13H22N2O4. The molecule has 6 nitrogen and oxygen atoms in total. The van der Waals surface area contributed by atoms with Crippen LogP contribution >= 0.6 is 0 Å². The molecular weight excluding hydrogens is 248 g/mol. The SMILES string of the molecule is CC1CN(C(=O)N(C)CC2CCCO2)CC1C(=O)O. The van der Waals surface area contributed by atoms with Gasteiger partial charge in [-0.1, -0.05) is 6.92 Å². The molecule has 19 heavy (non-hydrogen) atoms. The van der Waals surface area contributed by atoms with Gasteiger partial charge >= 0.3 is 12.0 Å². The lowest BCUT2D eigenvalue weighted by Crippen LogP contribution is -2.43. The highest BCUT2D eigenvalue weighted by Gasteiger charge is 2.38. The third-order valence-corrected chi connectivity index (χ3v) is 4.03. The predicted octanol–water partition coefficient (Wildman–Crippen LogP) is 0.870. The van der Waals surface area contributed by atoms with Gasteiger partial charge in [0.25, 0.3) is 0 Å². The maximum absolute atomic E-state index is 12.3. The minimum Gasteiger partial charge on any atom is -0.481 e. The monoisotopic (exact) mass is 270 g/mol. The molecule has 0 aromatic carbocycles. The summed E-state index contributed by atoms with van der Waals surface area (Å²) in [6, 6.07) is -0.0916. The van der Waals surface area contributed by atoms with Crippen molar-refractivity contribution in [2.45, 2.75) is 25.9 Å². The van der Waals surface area contributed by atoms with Gasteiger partial charge in [0.1, 0.15) is 0 Å². The quantitative estimate of drug-likeness (QED) is 0.826. The van der Waals surface area contributed by atoms with Gasteiger partial charge in [-0.3, -0.25) is 4.79 Å². The van der Waals surface area contributed by atoms with Crippen molar-refractivity contribution < 1.29 is 19.4 Å². The summed E-state index contributed by atoms with van der Waals surface area (Å²) in [6.07, 6.45) is 2.17. The second-order valence-corrected chi connectivity index (χ2v) is 5.63. The number of carbonyl (C=O) groups is 2. The summed E-state index contributed by atoms with van der Waals surface area (Å²) in [6.45, 7) is 4.07. The summed E-state index contributed by atoms with van der Waals surface area (Å²) in [5.41, 5.74) is 0. The van der Waals surface area contributed by atoms with Gasteiger partial charge in [0.05, 0.1) is 12.0 Å². The Morgan fingerprint density at radius 1 is 1.42 bits per heavy atom. The first kappa shape index (κ1) is 14.1.